The fourth-order valence-electron chi connectivity index (χ4n) is 2.75. The van der Waals surface area contributed by atoms with Crippen molar-refractivity contribution in [3.05, 3.63) is 23.2 Å². The Morgan fingerprint density at radius 2 is 2.29 bits per heavy atom. The summed E-state index contributed by atoms with van der Waals surface area (Å²) in [4.78, 5) is 16.1. The number of hydrogen-bond donors (Lipinski definition) is 2. The molecule has 1 aliphatic rings. The summed E-state index contributed by atoms with van der Waals surface area (Å²) in [5.74, 6) is 0.551. The van der Waals surface area contributed by atoms with Crippen LogP contribution in [0.4, 0.5) is 5.13 Å². The zero-order valence-electron chi connectivity index (χ0n) is 11.8. The molecule has 7 nitrogen and oxygen atoms in total. The minimum atomic E-state index is -0.239. The van der Waals surface area contributed by atoms with Crippen LogP contribution in [0.5, 0.6) is 0 Å². The Kier molecular flexibility index (Phi) is 3.87. The van der Waals surface area contributed by atoms with Gasteiger partial charge in [0.25, 0.3) is 5.91 Å². The first-order valence-corrected chi connectivity index (χ1v) is 7.94. The molecule has 112 valence electrons. The molecule has 0 aliphatic heterocycles. The molecule has 1 atom stereocenters. The van der Waals surface area contributed by atoms with Crippen molar-refractivity contribution in [3.8, 4) is 0 Å². The van der Waals surface area contributed by atoms with E-state index >= 15 is 0 Å². The first-order chi connectivity index (χ1) is 10.1. The van der Waals surface area contributed by atoms with Gasteiger partial charge in [-0.25, -0.2) is 4.98 Å². The zero-order chi connectivity index (χ0) is 14.8. The third-order valence-electron chi connectivity index (χ3n) is 3.81. The molecule has 3 rings (SSSR count). The Morgan fingerprint density at radius 1 is 1.52 bits per heavy atom. The number of nitrogens with two attached hydrogens (primary N) is 1. The van der Waals surface area contributed by atoms with Crippen molar-refractivity contribution in [2.45, 2.75) is 44.7 Å². The predicted octanol–water partition coefficient (Wildman–Crippen LogP) is 1.92. The van der Waals surface area contributed by atoms with Gasteiger partial charge in [0.2, 0.25) is 0 Å². The smallest absolute Gasteiger partial charge is 0.271 e. The molecule has 0 radical (unpaired) electrons. The molecule has 2 aromatic rings. The first-order valence-electron chi connectivity index (χ1n) is 7.06. The number of nitrogens with zero attached hydrogens (tertiary/aromatic N) is 4. The number of aromatic nitrogens is 4. The van der Waals surface area contributed by atoms with Crippen LogP contribution in [0.2, 0.25) is 0 Å². The Hall–Kier alpha value is -1.96. The number of hydrogen-bond acceptors (Lipinski definition) is 6. The van der Waals surface area contributed by atoms with Crippen LogP contribution in [0.3, 0.4) is 0 Å². The second-order valence-corrected chi connectivity index (χ2v) is 6.19. The average molecular weight is 306 g/mol. The second kappa shape index (κ2) is 5.80. The van der Waals surface area contributed by atoms with Gasteiger partial charge >= 0.3 is 0 Å². The van der Waals surface area contributed by atoms with Gasteiger partial charge in [0, 0.05) is 11.4 Å². The quantitative estimate of drug-likeness (QED) is 0.899. The molecule has 2 aromatic heterocycles. The van der Waals surface area contributed by atoms with Gasteiger partial charge in [0.15, 0.2) is 11.0 Å². The SMILES string of the molecule is C[C@H](NC(=O)c1csc(N)n1)c1nncn1C1CCCC1. The summed E-state index contributed by atoms with van der Waals surface area (Å²) in [6.07, 6.45) is 6.53. The Balaban J connectivity index is 1.72. The van der Waals surface area contributed by atoms with E-state index in [1.807, 2.05) is 6.92 Å². The summed E-state index contributed by atoms with van der Waals surface area (Å²) < 4.78 is 2.09. The summed E-state index contributed by atoms with van der Waals surface area (Å²) in [6.45, 7) is 1.91. The molecule has 1 amide bonds. The van der Waals surface area contributed by atoms with Crippen LogP contribution >= 0.6 is 11.3 Å². The minimum absolute atomic E-state index is 0.219. The van der Waals surface area contributed by atoms with E-state index in [1.54, 1.807) is 11.7 Å². The molecule has 8 heteroatoms. The van der Waals surface area contributed by atoms with Crippen molar-refractivity contribution in [2.75, 3.05) is 5.73 Å². The molecular weight excluding hydrogens is 288 g/mol. The Morgan fingerprint density at radius 3 is 2.95 bits per heavy atom. The maximum atomic E-state index is 12.1. The summed E-state index contributed by atoms with van der Waals surface area (Å²) in [6, 6.07) is 0.229. The second-order valence-electron chi connectivity index (χ2n) is 5.30. The normalized spacial score (nSPS) is 17.0. The van der Waals surface area contributed by atoms with Crippen LogP contribution in [-0.2, 0) is 0 Å². The third-order valence-corrected chi connectivity index (χ3v) is 4.48. The molecule has 0 bridgehead atoms. The lowest BCUT2D eigenvalue weighted by molar-refractivity contribution is 0.0933. The minimum Gasteiger partial charge on any atom is -0.375 e. The highest BCUT2D eigenvalue weighted by Gasteiger charge is 2.24. The summed E-state index contributed by atoms with van der Waals surface area (Å²) >= 11 is 1.25. The molecule has 21 heavy (non-hydrogen) atoms. The van der Waals surface area contributed by atoms with Gasteiger partial charge in [-0.15, -0.1) is 21.5 Å². The number of carbonyl (C=O) groups is 1. The van der Waals surface area contributed by atoms with Crippen LogP contribution < -0.4 is 11.1 Å². The molecule has 0 aromatic carbocycles. The highest BCUT2D eigenvalue weighted by molar-refractivity contribution is 7.13. The van der Waals surface area contributed by atoms with Crippen LogP contribution in [0, 0.1) is 0 Å². The first kappa shape index (κ1) is 14.0. The number of amides is 1. The Bertz CT molecular complexity index is 630. The molecular formula is C13H18N6OS. The molecule has 0 saturated heterocycles. The van der Waals surface area contributed by atoms with E-state index in [-0.39, 0.29) is 11.9 Å². The monoisotopic (exact) mass is 306 g/mol. The number of thiazole rings is 1. The van der Waals surface area contributed by atoms with Gasteiger partial charge in [-0.05, 0) is 19.8 Å². The van der Waals surface area contributed by atoms with Crippen LogP contribution in [0.15, 0.2) is 11.7 Å². The van der Waals surface area contributed by atoms with Gasteiger partial charge in [-0.3, -0.25) is 4.79 Å². The molecule has 1 aliphatic carbocycles. The zero-order valence-corrected chi connectivity index (χ0v) is 12.6. The van der Waals surface area contributed by atoms with Crippen molar-refractivity contribution in [2.24, 2.45) is 0 Å². The average Bonchev–Trinajstić information content (AvgIpc) is 3.19. The van der Waals surface area contributed by atoms with Gasteiger partial charge in [0.05, 0.1) is 6.04 Å². The summed E-state index contributed by atoms with van der Waals surface area (Å²) in [5, 5.41) is 13.1. The maximum absolute atomic E-state index is 12.1. The fraction of sp³-hybridized carbons (Fsp3) is 0.538. The topological polar surface area (TPSA) is 98.7 Å². The van der Waals surface area contributed by atoms with Crippen molar-refractivity contribution in [1.29, 1.82) is 0 Å². The highest BCUT2D eigenvalue weighted by Crippen LogP contribution is 2.31. The summed E-state index contributed by atoms with van der Waals surface area (Å²) in [7, 11) is 0. The third kappa shape index (κ3) is 2.90. The van der Waals surface area contributed by atoms with Crippen molar-refractivity contribution >= 4 is 22.4 Å². The number of nitrogen functional groups attached to an aromatic ring is 1. The molecule has 0 unspecified atom stereocenters. The fourth-order valence-corrected chi connectivity index (χ4v) is 3.30. The van der Waals surface area contributed by atoms with Gasteiger partial charge < -0.3 is 15.6 Å². The van der Waals surface area contributed by atoms with E-state index in [0.717, 1.165) is 18.7 Å². The molecule has 0 spiro atoms. The van der Waals surface area contributed by atoms with Crippen LogP contribution in [0.25, 0.3) is 0 Å². The van der Waals surface area contributed by atoms with Crippen LogP contribution in [-0.4, -0.2) is 25.7 Å². The number of anilines is 1. The molecule has 1 saturated carbocycles. The lowest BCUT2D eigenvalue weighted by atomic mass is 10.2. The van der Waals surface area contributed by atoms with Crippen molar-refractivity contribution in [3.63, 3.8) is 0 Å². The van der Waals surface area contributed by atoms with Gasteiger partial charge in [-0.2, -0.15) is 0 Å². The van der Waals surface area contributed by atoms with E-state index in [0.29, 0.717) is 16.9 Å². The van der Waals surface area contributed by atoms with E-state index in [1.165, 1.54) is 24.2 Å². The largest absolute Gasteiger partial charge is 0.375 e. The maximum Gasteiger partial charge on any atom is 0.271 e. The number of rotatable bonds is 4. The van der Waals surface area contributed by atoms with E-state index in [4.69, 9.17) is 5.73 Å². The highest BCUT2D eigenvalue weighted by atomic mass is 32.1. The number of carbonyl (C=O) groups excluding carboxylic acids is 1. The van der Waals surface area contributed by atoms with Crippen LogP contribution in [0.1, 0.15) is 61.0 Å². The van der Waals surface area contributed by atoms with E-state index in [9.17, 15) is 4.79 Å². The summed E-state index contributed by atoms with van der Waals surface area (Å²) in [5.41, 5.74) is 5.89. The lowest BCUT2D eigenvalue weighted by Crippen LogP contribution is -2.29. The Labute approximate surface area is 126 Å². The van der Waals surface area contributed by atoms with Crippen molar-refractivity contribution < 1.29 is 4.79 Å². The van der Waals surface area contributed by atoms with E-state index < -0.39 is 0 Å². The molecule has 2 heterocycles. The number of nitrogens with one attached hydrogen (secondary N) is 1. The van der Waals surface area contributed by atoms with Gasteiger partial charge in [0.1, 0.15) is 12.0 Å². The van der Waals surface area contributed by atoms with E-state index in [2.05, 4.69) is 25.1 Å². The van der Waals surface area contributed by atoms with Gasteiger partial charge in [-0.1, -0.05) is 12.8 Å². The molecule has 3 N–H and O–H groups in total. The standard InChI is InChI=1S/C13H18N6OS/c1-8(16-12(20)10-6-21-13(14)17-10)11-18-15-7-19(11)9-4-2-3-5-9/h6-9H,2-5H2,1H3,(H2,14,17)(H,16,20)/t8-/m0/s1. The molecule has 1 fully saturated rings. The predicted molar refractivity (Wildman–Crippen MR) is 79.9 cm³/mol. The van der Waals surface area contributed by atoms with Crippen molar-refractivity contribution in [1.82, 2.24) is 25.1 Å². The lowest BCUT2D eigenvalue weighted by Gasteiger charge is -2.18.